The number of aromatic amines is 1. The fraction of sp³-hybridized carbons (Fsp3) is 0.133. The van der Waals surface area contributed by atoms with Crippen LogP contribution in [0.25, 0.3) is 11.0 Å². The summed E-state index contributed by atoms with van der Waals surface area (Å²) in [6.45, 7) is 0.131. The lowest BCUT2D eigenvalue weighted by Gasteiger charge is -2.08. The highest BCUT2D eigenvalue weighted by Crippen LogP contribution is 2.02. The van der Waals surface area contributed by atoms with Crippen LogP contribution in [-0.4, -0.2) is 25.4 Å². The van der Waals surface area contributed by atoms with E-state index in [1.807, 2.05) is 6.07 Å². The van der Waals surface area contributed by atoms with E-state index in [4.69, 9.17) is 12.2 Å². The van der Waals surface area contributed by atoms with Crippen molar-refractivity contribution in [1.29, 1.82) is 0 Å². The second-order valence-corrected chi connectivity index (χ2v) is 5.21. The van der Waals surface area contributed by atoms with Crippen molar-refractivity contribution in [2.24, 2.45) is 0 Å². The number of hydrogen-bond acceptors (Lipinski definition) is 5. The van der Waals surface area contributed by atoms with Gasteiger partial charge in [-0.05, 0) is 36.5 Å². The number of aromatic nitrogens is 4. The molecule has 0 aliphatic rings. The summed E-state index contributed by atoms with van der Waals surface area (Å²) in [6, 6.07) is 8.74. The smallest absolute Gasteiger partial charge is 0.264 e. The molecule has 0 atom stereocenters. The van der Waals surface area contributed by atoms with Gasteiger partial charge >= 0.3 is 0 Å². The maximum Gasteiger partial charge on any atom is 0.264 e. The summed E-state index contributed by atoms with van der Waals surface area (Å²) < 4.78 is 1.38. The zero-order valence-electron chi connectivity index (χ0n) is 12.0. The van der Waals surface area contributed by atoms with Gasteiger partial charge in [-0.15, -0.1) is 0 Å². The Bertz CT molecular complexity index is 965. The van der Waals surface area contributed by atoms with Gasteiger partial charge in [-0.1, -0.05) is 6.07 Å². The number of rotatable bonds is 4. The summed E-state index contributed by atoms with van der Waals surface area (Å²) in [5, 5.41) is 3.10. The normalized spacial score (nSPS) is 10.6. The van der Waals surface area contributed by atoms with Crippen molar-refractivity contribution < 1.29 is 4.79 Å². The van der Waals surface area contributed by atoms with Crippen molar-refractivity contribution in [3.8, 4) is 0 Å². The Morgan fingerprint density at radius 3 is 2.83 bits per heavy atom. The Hall–Kier alpha value is -2.87. The topological polar surface area (TPSA) is 92.7 Å². The molecule has 7 nitrogen and oxygen atoms in total. The highest BCUT2D eigenvalue weighted by Gasteiger charge is 2.10. The first kappa shape index (κ1) is 15.0. The lowest BCUT2D eigenvalue weighted by Crippen LogP contribution is -2.33. The molecule has 0 aliphatic carbocycles. The highest BCUT2D eigenvalue weighted by atomic mass is 32.1. The van der Waals surface area contributed by atoms with Crippen LogP contribution < -0.4 is 10.9 Å². The minimum Gasteiger partial charge on any atom is -0.349 e. The molecule has 0 spiro atoms. The van der Waals surface area contributed by atoms with E-state index in [1.165, 1.54) is 4.57 Å². The van der Waals surface area contributed by atoms with Gasteiger partial charge in [-0.25, -0.2) is 4.98 Å². The monoisotopic (exact) mass is 327 g/mol. The summed E-state index contributed by atoms with van der Waals surface area (Å²) in [5.74, 6) is -0.319. The Balaban J connectivity index is 1.80. The third kappa shape index (κ3) is 3.32. The molecule has 3 aromatic rings. The minimum absolute atomic E-state index is 0.161. The molecule has 3 aromatic heterocycles. The first-order chi connectivity index (χ1) is 11.1. The van der Waals surface area contributed by atoms with Crippen LogP contribution >= 0.6 is 12.2 Å². The van der Waals surface area contributed by atoms with Gasteiger partial charge in [0.05, 0.1) is 17.6 Å². The Morgan fingerprint density at radius 1 is 1.22 bits per heavy atom. The van der Waals surface area contributed by atoms with Gasteiger partial charge < -0.3 is 10.3 Å². The van der Waals surface area contributed by atoms with Crippen molar-refractivity contribution in [1.82, 2.24) is 24.8 Å². The Labute approximate surface area is 136 Å². The van der Waals surface area contributed by atoms with Crippen LogP contribution in [0.4, 0.5) is 0 Å². The van der Waals surface area contributed by atoms with Crippen LogP contribution in [0.5, 0.6) is 0 Å². The molecule has 0 aromatic carbocycles. The molecular weight excluding hydrogens is 314 g/mol. The van der Waals surface area contributed by atoms with Crippen LogP contribution in [0.15, 0.2) is 47.5 Å². The van der Waals surface area contributed by atoms with Crippen LogP contribution in [-0.2, 0) is 17.9 Å². The van der Waals surface area contributed by atoms with Crippen molar-refractivity contribution in [2.75, 3.05) is 0 Å². The van der Waals surface area contributed by atoms with Crippen molar-refractivity contribution in [2.45, 2.75) is 13.1 Å². The number of H-pyrrole nitrogens is 1. The predicted octanol–water partition coefficient (Wildman–Crippen LogP) is 1.17. The van der Waals surface area contributed by atoms with E-state index in [0.717, 1.165) is 5.69 Å². The molecule has 3 heterocycles. The van der Waals surface area contributed by atoms with Gasteiger partial charge in [-0.3, -0.25) is 19.1 Å². The van der Waals surface area contributed by atoms with Gasteiger partial charge in [-0.2, -0.15) is 0 Å². The Morgan fingerprint density at radius 2 is 2.04 bits per heavy atom. The van der Waals surface area contributed by atoms with E-state index in [0.29, 0.717) is 17.6 Å². The summed E-state index contributed by atoms with van der Waals surface area (Å²) in [7, 11) is 0. The maximum absolute atomic E-state index is 12.4. The van der Waals surface area contributed by atoms with E-state index in [2.05, 4.69) is 20.3 Å². The Kier molecular flexibility index (Phi) is 4.24. The third-order valence-electron chi connectivity index (χ3n) is 3.25. The van der Waals surface area contributed by atoms with Gasteiger partial charge in [0.15, 0.2) is 4.77 Å². The number of nitrogens with one attached hydrogen (secondary N) is 2. The third-order valence-corrected chi connectivity index (χ3v) is 3.57. The molecule has 8 heteroatoms. The number of amides is 1. The quantitative estimate of drug-likeness (QED) is 0.702. The van der Waals surface area contributed by atoms with Crippen molar-refractivity contribution >= 4 is 29.2 Å². The van der Waals surface area contributed by atoms with E-state index >= 15 is 0 Å². The van der Waals surface area contributed by atoms with Crippen LogP contribution in [0, 0.1) is 4.77 Å². The molecule has 0 unspecified atom stereocenters. The summed E-state index contributed by atoms with van der Waals surface area (Å²) in [5.41, 5.74) is 0.804. The molecule has 0 bridgehead atoms. The predicted molar refractivity (Wildman–Crippen MR) is 87.3 cm³/mol. The lowest BCUT2D eigenvalue weighted by atomic mass is 10.3. The highest BCUT2D eigenvalue weighted by molar-refractivity contribution is 7.71. The second kappa shape index (κ2) is 6.49. The summed E-state index contributed by atoms with van der Waals surface area (Å²) in [6.07, 6.45) is 3.22. The van der Waals surface area contributed by atoms with Crippen LogP contribution in [0.3, 0.4) is 0 Å². The molecule has 0 aliphatic heterocycles. The summed E-state index contributed by atoms with van der Waals surface area (Å²) >= 11 is 5.14. The van der Waals surface area contributed by atoms with E-state index in [9.17, 15) is 9.59 Å². The number of pyridine rings is 2. The average molecular weight is 327 g/mol. The van der Waals surface area contributed by atoms with E-state index < -0.39 is 0 Å². The fourth-order valence-electron chi connectivity index (χ4n) is 2.12. The second-order valence-electron chi connectivity index (χ2n) is 4.82. The average Bonchev–Trinajstić information content (AvgIpc) is 2.58. The number of hydrogen-bond donors (Lipinski definition) is 2. The largest absolute Gasteiger partial charge is 0.349 e. The number of carbonyl (C=O) groups excluding carboxylic acids is 1. The minimum atomic E-state index is -0.343. The van der Waals surface area contributed by atoms with Crippen LogP contribution in [0.1, 0.15) is 5.69 Å². The summed E-state index contributed by atoms with van der Waals surface area (Å²) in [4.78, 5) is 35.5. The molecule has 116 valence electrons. The lowest BCUT2D eigenvalue weighted by molar-refractivity contribution is -0.121. The number of nitrogens with zero attached hydrogens (tertiary/aromatic N) is 3. The molecule has 0 radical (unpaired) electrons. The van der Waals surface area contributed by atoms with Crippen molar-refractivity contribution in [3.63, 3.8) is 0 Å². The standard InChI is InChI=1S/C15H13N5O2S/c21-12(18-8-10-4-1-2-6-16-10)9-20-14(22)11-5-3-7-17-13(11)19-15(20)23/h1-7H,8-9H2,(H,18,21)(H,17,19,23). The van der Waals surface area contributed by atoms with Crippen LogP contribution in [0.2, 0.25) is 0 Å². The zero-order chi connectivity index (χ0) is 16.2. The van der Waals surface area contributed by atoms with Crippen molar-refractivity contribution in [3.05, 3.63) is 63.5 Å². The van der Waals surface area contributed by atoms with Gasteiger partial charge in [0.1, 0.15) is 12.2 Å². The molecule has 3 rings (SSSR count). The molecular formula is C15H13N5O2S. The molecule has 0 saturated heterocycles. The first-order valence-corrected chi connectivity index (χ1v) is 7.30. The molecule has 2 N–H and O–H groups in total. The number of fused-ring (bicyclic) bond motifs is 1. The molecule has 1 amide bonds. The molecule has 0 saturated carbocycles. The van der Waals surface area contributed by atoms with E-state index in [1.54, 1.807) is 36.7 Å². The maximum atomic E-state index is 12.4. The van der Waals surface area contributed by atoms with Gasteiger partial charge in [0.2, 0.25) is 5.91 Å². The zero-order valence-corrected chi connectivity index (χ0v) is 12.8. The molecule has 23 heavy (non-hydrogen) atoms. The molecule has 0 fully saturated rings. The van der Waals surface area contributed by atoms with E-state index in [-0.39, 0.29) is 22.8 Å². The van der Waals surface area contributed by atoms with Gasteiger partial charge in [0, 0.05) is 12.4 Å². The SMILES string of the molecule is O=C(Cn1c(=S)[nH]c2ncccc2c1=O)NCc1ccccn1. The number of carbonyl (C=O) groups is 1. The first-order valence-electron chi connectivity index (χ1n) is 6.89. The fourth-order valence-corrected chi connectivity index (χ4v) is 2.36. The van der Waals surface area contributed by atoms with Gasteiger partial charge in [0.25, 0.3) is 5.56 Å².